The van der Waals surface area contributed by atoms with Crippen LogP contribution in [0.5, 0.6) is 0 Å². The van der Waals surface area contributed by atoms with Crippen molar-refractivity contribution in [3.63, 3.8) is 0 Å². The molecule has 2 aromatic heterocycles. The molecule has 0 N–H and O–H groups in total. The van der Waals surface area contributed by atoms with E-state index in [0.29, 0.717) is 24.3 Å². The molecule has 0 bridgehead atoms. The van der Waals surface area contributed by atoms with Gasteiger partial charge in [-0.15, -0.1) is 0 Å². The molecule has 0 amide bonds. The average Bonchev–Trinajstić information content (AvgIpc) is 3.11. The fourth-order valence-electron chi connectivity index (χ4n) is 3.80. The van der Waals surface area contributed by atoms with E-state index in [4.69, 9.17) is 10.00 Å². The molecule has 0 aliphatic carbocycles. The molecule has 1 fully saturated rings. The minimum Gasteiger partial charge on any atom is -0.457 e. The second-order valence-electron chi connectivity index (χ2n) is 7.64. The molecule has 7 nitrogen and oxygen atoms in total. The van der Waals surface area contributed by atoms with Crippen LogP contribution in [-0.2, 0) is 4.74 Å². The summed E-state index contributed by atoms with van der Waals surface area (Å²) in [6.07, 6.45) is 2.79. The Hall–Kier alpha value is -3.73. The molecule has 1 aliphatic rings. The Kier molecular flexibility index (Phi) is 5.67. The molecule has 3 aromatic rings. The third kappa shape index (κ3) is 4.40. The van der Waals surface area contributed by atoms with E-state index in [2.05, 4.69) is 16.2 Å². The number of benzene rings is 1. The van der Waals surface area contributed by atoms with Crippen LogP contribution in [0.2, 0.25) is 0 Å². The number of nitriles is 1. The summed E-state index contributed by atoms with van der Waals surface area (Å²) in [7, 11) is 0. The van der Waals surface area contributed by atoms with Crippen LogP contribution in [0.1, 0.15) is 40.2 Å². The van der Waals surface area contributed by atoms with E-state index >= 15 is 0 Å². The Labute approximate surface area is 179 Å². The minimum atomic E-state index is -0.565. The number of hydrogen-bond acceptors (Lipinski definition) is 6. The summed E-state index contributed by atoms with van der Waals surface area (Å²) in [6, 6.07) is 11.6. The highest BCUT2D eigenvalue weighted by atomic mass is 19.1. The molecule has 1 atom stereocenters. The number of aromatic nitrogens is 3. The van der Waals surface area contributed by atoms with Gasteiger partial charge >= 0.3 is 5.97 Å². The summed E-state index contributed by atoms with van der Waals surface area (Å²) in [5.41, 5.74) is 2.57. The van der Waals surface area contributed by atoms with Gasteiger partial charge in [-0.25, -0.2) is 18.9 Å². The van der Waals surface area contributed by atoms with Crippen molar-refractivity contribution in [3.8, 4) is 11.8 Å². The van der Waals surface area contributed by atoms with Crippen LogP contribution in [0.25, 0.3) is 5.69 Å². The number of pyridine rings is 1. The standard InChI is InChI=1S/C23H22FN5O2/c1-15-10-16(2)29(27-15)21-6-5-18(12-20(21)24)23(30)31-19-4-3-9-28(14-19)22-11-17(13-25)7-8-26-22/h5-8,10-12,19H,3-4,9,14H2,1-2H3. The summed E-state index contributed by atoms with van der Waals surface area (Å²) >= 11 is 0. The third-order valence-electron chi connectivity index (χ3n) is 5.27. The fraction of sp³-hybridized carbons (Fsp3) is 0.304. The molecular weight excluding hydrogens is 397 g/mol. The molecule has 0 radical (unpaired) electrons. The highest BCUT2D eigenvalue weighted by Crippen LogP contribution is 2.22. The van der Waals surface area contributed by atoms with E-state index in [-0.39, 0.29) is 17.4 Å². The Bertz CT molecular complexity index is 1170. The first kappa shape index (κ1) is 20.5. The van der Waals surface area contributed by atoms with Gasteiger partial charge in [-0.2, -0.15) is 10.4 Å². The van der Waals surface area contributed by atoms with Crippen LogP contribution < -0.4 is 4.90 Å². The van der Waals surface area contributed by atoms with Crippen LogP contribution in [-0.4, -0.2) is 39.9 Å². The Balaban J connectivity index is 1.46. The summed E-state index contributed by atoms with van der Waals surface area (Å²) < 4.78 is 21.9. The van der Waals surface area contributed by atoms with Crippen LogP contribution in [0.4, 0.5) is 10.2 Å². The SMILES string of the molecule is Cc1cc(C)n(-c2ccc(C(=O)OC3CCCN(c4cc(C#N)ccn4)C3)cc2F)n1. The maximum atomic E-state index is 14.7. The zero-order valence-electron chi connectivity index (χ0n) is 17.4. The summed E-state index contributed by atoms with van der Waals surface area (Å²) in [5, 5.41) is 13.4. The van der Waals surface area contributed by atoms with Crippen LogP contribution in [0.3, 0.4) is 0 Å². The quantitative estimate of drug-likeness (QED) is 0.600. The molecule has 0 spiro atoms. The van der Waals surface area contributed by atoms with Crippen molar-refractivity contribution >= 4 is 11.8 Å². The number of esters is 1. The molecule has 3 heterocycles. The van der Waals surface area contributed by atoms with Gasteiger partial charge in [-0.3, -0.25) is 0 Å². The van der Waals surface area contributed by atoms with Crippen LogP contribution in [0.15, 0.2) is 42.6 Å². The first-order chi connectivity index (χ1) is 14.9. The van der Waals surface area contributed by atoms with Crippen molar-refractivity contribution < 1.29 is 13.9 Å². The van der Waals surface area contributed by atoms with Crippen LogP contribution >= 0.6 is 0 Å². The number of carbonyl (C=O) groups excluding carboxylic acids is 1. The third-order valence-corrected chi connectivity index (χ3v) is 5.27. The van der Waals surface area contributed by atoms with E-state index < -0.39 is 11.8 Å². The predicted octanol–water partition coefficient (Wildman–Crippen LogP) is 3.72. The number of anilines is 1. The number of ether oxygens (including phenoxy) is 1. The van der Waals surface area contributed by atoms with Crippen molar-refractivity contribution in [2.75, 3.05) is 18.0 Å². The average molecular weight is 419 g/mol. The highest BCUT2D eigenvalue weighted by Gasteiger charge is 2.25. The smallest absolute Gasteiger partial charge is 0.338 e. The topological polar surface area (TPSA) is 84.0 Å². The lowest BCUT2D eigenvalue weighted by molar-refractivity contribution is 0.0268. The lowest BCUT2D eigenvalue weighted by atomic mass is 10.1. The molecule has 158 valence electrons. The largest absolute Gasteiger partial charge is 0.457 e. The monoisotopic (exact) mass is 419 g/mol. The van der Waals surface area contributed by atoms with Gasteiger partial charge in [0.05, 0.1) is 29.4 Å². The van der Waals surface area contributed by atoms with Gasteiger partial charge in [0.15, 0.2) is 0 Å². The predicted molar refractivity (Wildman–Crippen MR) is 113 cm³/mol. The molecule has 8 heteroatoms. The molecule has 1 unspecified atom stereocenters. The minimum absolute atomic E-state index is 0.157. The Morgan fingerprint density at radius 3 is 2.81 bits per heavy atom. The van der Waals surface area contributed by atoms with E-state index in [9.17, 15) is 9.18 Å². The number of halogens is 1. The van der Waals surface area contributed by atoms with Crippen molar-refractivity contribution in [2.24, 2.45) is 0 Å². The summed E-state index contributed by atoms with van der Waals surface area (Å²) in [6.45, 7) is 4.92. The number of piperidine rings is 1. The van der Waals surface area contributed by atoms with Gasteiger partial charge in [0.2, 0.25) is 0 Å². The van der Waals surface area contributed by atoms with Gasteiger partial charge in [-0.1, -0.05) is 0 Å². The Morgan fingerprint density at radius 2 is 2.10 bits per heavy atom. The maximum absolute atomic E-state index is 14.7. The Morgan fingerprint density at radius 1 is 1.26 bits per heavy atom. The molecule has 1 aromatic carbocycles. The van der Waals surface area contributed by atoms with E-state index in [1.807, 2.05) is 24.8 Å². The second kappa shape index (κ2) is 8.56. The zero-order chi connectivity index (χ0) is 22.0. The van der Waals surface area contributed by atoms with E-state index in [0.717, 1.165) is 24.4 Å². The summed E-state index contributed by atoms with van der Waals surface area (Å²) in [5.74, 6) is -0.423. The van der Waals surface area contributed by atoms with Crippen LogP contribution in [0, 0.1) is 31.0 Å². The molecular formula is C23H22FN5O2. The van der Waals surface area contributed by atoms with Gasteiger partial charge in [0, 0.05) is 18.4 Å². The van der Waals surface area contributed by atoms with Gasteiger partial charge in [0.25, 0.3) is 0 Å². The number of nitrogens with zero attached hydrogens (tertiary/aromatic N) is 5. The van der Waals surface area contributed by atoms with Crippen molar-refractivity contribution in [2.45, 2.75) is 32.8 Å². The molecule has 0 saturated carbocycles. The summed E-state index contributed by atoms with van der Waals surface area (Å²) in [4.78, 5) is 19.0. The van der Waals surface area contributed by atoms with Crippen molar-refractivity contribution in [1.29, 1.82) is 5.26 Å². The normalized spacial score (nSPS) is 16.1. The van der Waals surface area contributed by atoms with Gasteiger partial charge < -0.3 is 9.64 Å². The lowest BCUT2D eigenvalue weighted by Gasteiger charge is -2.33. The highest BCUT2D eigenvalue weighted by molar-refractivity contribution is 5.89. The molecule has 31 heavy (non-hydrogen) atoms. The number of hydrogen-bond donors (Lipinski definition) is 0. The van der Waals surface area contributed by atoms with E-state index in [1.165, 1.54) is 16.8 Å². The second-order valence-corrected chi connectivity index (χ2v) is 7.64. The molecule has 1 aliphatic heterocycles. The first-order valence-electron chi connectivity index (χ1n) is 10.1. The molecule has 4 rings (SSSR count). The molecule has 1 saturated heterocycles. The fourth-order valence-corrected chi connectivity index (χ4v) is 3.80. The number of carbonyl (C=O) groups is 1. The van der Waals surface area contributed by atoms with Gasteiger partial charge in [0.1, 0.15) is 23.4 Å². The number of rotatable bonds is 4. The first-order valence-corrected chi connectivity index (χ1v) is 10.1. The van der Waals surface area contributed by atoms with Crippen molar-refractivity contribution in [3.05, 3.63) is 70.9 Å². The lowest BCUT2D eigenvalue weighted by Crippen LogP contribution is -2.41. The number of aryl methyl sites for hydroxylation is 2. The van der Waals surface area contributed by atoms with Gasteiger partial charge in [-0.05, 0) is 63.1 Å². The maximum Gasteiger partial charge on any atom is 0.338 e. The van der Waals surface area contributed by atoms with Crippen molar-refractivity contribution in [1.82, 2.24) is 14.8 Å². The zero-order valence-corrected chi connectivity index (χ0v) is 17.4. The van der Waals surface area contributed by atoms with E-state index in [1.54, 1.807) is 24.4 Å².